The maximum Gasteiger partial charge on any atom is 0.220 e. The van der Waals surface area contributed by atoms with Crippen LogP contribution in [0, 0.1) is 0 Å². The van der Waals surface area contributed by atoms with E-state index in [0.717, 1.165) is 16.9 Å². The zero-order valence-electron chi connectivity index (χ0n) is 11.9. The third-order valence-electron chi connectivity index (χ3n) is 3.23. The molecule has 0 bridgehead atoms. The Bertz CT molecular complexity index is 596. The summed E-state index contributed by atoms with van der Waals surface area (Å²) >= 11 is 6.05. The minimum absolute atomic E-state index is 0.0192. The van der Waals surface area contributed by atoms with Crippen molar-refractivity contribution in [2.75, 3.05) is 7.11 Å². The van der Waals surface area contributed by atoms with Gasteiger partial charge in [0.2, 0.25) is 5.91 Å². The van der Waals surface area contributed by atoms with E-state index in [2.05, 4.69) is 5.32 Å². The minimum atomic E-state index is 0.0192. The van der Waals surface area contributed by atoms with Crippen LogP contribution in [-0.4, -0.2) is 13.0 Å². The fourth-order valence-corrected chi connectivity index (χ4v) is 2.18. The lowest BCUT2D eigenvalue weighted by molar-refractivity contribution is -0.121. The first kappa shape index (κ1) is 15.4. The molecule has 0 aliphatic heterocycles. The summed E-state index contributed by atoms with van der Waals surface area (Å²) in [7, 11) is 1.64. The van der Waals surface area contributed by atoms with Gasteiger partial charge in [-0.3, -0.25) is 4.79 Å². The molecular weight excluding hydrogens is 286 g/mol. The number of methoxy groups -OCH3 is 1. The Morgan fingerprint density at radius 3 is 2.52 bits per heavy atom. The standard InChI is InChI=1S/C17H18ClNO2/c1-21-15-9-6-13(7-10-15)8-11-17(20)19-12-14-4-2-3-5-16(14)18/h2-7,9-10H,8,11-12H2,1H3,(H,19,20). The maximum atomic E-state index is 11.8. The summed E-state index contributed by atoms with van der Waals surface area (Å²) in [4.78, 5) is 11.8. The van der Waals surface area contributed by atoms with Crippen LogP contribution in [0.5, 0.6) is 5.75 Å². The van der Waals surface area contributed by atoms with Crippen molar-refractivity contribution in [3.8, 4) is 5.75 Å². The van der Waals surface area contributed by atoms with Gasteiger partial charge in [0.25, 0.3) is 0 Å². The molecule has 0 heterocycles. The summed E-state index contributed by atoms with van der Waals surface area (Å²) in [6.07, 6.45) is 1.16. The second kappa shape index (κ2) is 7.70. The van der Waals surface area contributed by atoms with E-state index < -0.39 is 0 Å². The largest absolute Gasteiger partial charge is 0.497 e. The van der Waals surface area contributed by atoms with E-state index in [0.29, 0.717) is 24.4 Å². The first-order chi connectivity index (χ1) is 10.2. The Labute approximate surface area is 129 Å². The first-order valence-electron chi connectivity index (χ1n) is 6.82. The lowest BCUT2D eigenvalue weighted by Gasteiger charge is -2.07. The molecule has 0 saturated heterocycles. The average Bonchev–Trinajstić information content (AvgIpc) is 2.52. The zero-order valence-corrected chi connectivity index (χ0v) is 12.7. The van der Waals surface area contributed by atoms with Gasteiger partial charge in [-0.25, -0.2) is 0 Å². The normalized spacial score (nSPS) is 10.2. The average molecular weight is 304 g/mol. The van der Waals surface area contributed by atoms with E-state index in [1.807, 2.05) is 48.5 Å². The smallest absolute Gasteiger partial charge is 0.220 e. The highest BCUT2D eigenvalue weighted by Crippen LogP contribution is 2.15. The topological polar surface area (TPSA) is 38.3 Å². The second-order valence-electron chi connectivity index (χ2n) is 4.72. The second-order valence-corrected chi connectivity index (χ2v) is 5.12. The summed E-state index contributed by atoms with van der Waals surface area (Å²) in [6.45, 7) is 0.459. The van der Waals surface area contributed by atoms with E-state index in [1.54, 1.807) is 7.11 Å². The van der Waals surface area contributed by atoms with E-state index in [4.69, 9.17) is 16.3 Å². The Balaban J connectivity index is 1.78. The highest BCUT2D eigenvalue weighted by atomic mass is 35.5. The molecule has 21 heavy (non-hydrogen) atoms. The Morgan fingerprint density at radius 2 is 1.86 bits per heavy atom. The molecule has 0 unspecified atom stereocenters. The molecular formula is C17H18ClNO2. The van der Waals surface area contributed by atoms with Gasteiger partial charge in [-0.2, -0.15) is 0 Å². The van der Waals surface area contributed by atoms with Crippen molar-refractivity contribution in [3.63, 3.8) is 0 Å². The zero-order chi connectivity index (χ0) is 15.1. The van der Waals surface area contributed by atoms with Gasteiger partial charge in [0.1, 0.15) is 5.75 Å². The van der Waals surface area contributed by atoms with Crippen LogP contribution < -0.4 is 10.1 Å². The van der Waals surface area contributed by atoms with E-state index in [-0.39, 0.29) is 5.91 Å². The van der Waals surface area contributed by atoms with Gasteiger partial charge in [0.15, 0.2) is 0 Å². The molecule has 1 amide bonds. The molecule has 0 radical (unpaired) electrons. The van der Waals surface area contributed by atoms with Crippen molar-refractivity contribution in [3.05, 3.63) is 64.7 Å². The number of carbonyl (C=O) groups is 1. The van der Waals surface area contributed by atoms with Gasteiger partial charge in [0.05, 0.1) is 7.11 Å². The van der Waals surface area contributed by atoms with Gasteiger partial charge in [-0.05, 0) is 35.7 Å². The minimum Gasteiger partial charge on any atom is -0.497 e. The first-order valence-corrected chi connectivity index (χ1v) is 7.20. The number of halogens is 1. The summed E-state index contributed by atoms with van der Waals surface area (Å²) < 4.78 is 5.10. The van der Waals surface area contributed by atoms with Gasteiger partial charge in [-0.15, -0.1) is 0 Å². The fraction of sp³-hybridized carbons (Fsp3) is 0.235. The van der Waals surface area contributed by atoms with Crippen molar-refractivity contribution >= 4 is 17.5 Å². The van der Waals surface area contributed by atoms with Gasteiger partial charge < -0.3 is 10.1 Å². The number of amides is 1. The highest BCUT2D eigenvalue weighted by Gasteiger charge is 2.04. The molecule has 0 saturated carbocycles. The van der Waals surface area contributed by atoms with Gasteiger partial charge in [0, 0.05) is 18.0 Å². The molecule has 2 aromatic carbocycles. The summed E-state index contributed by atoms with van der Waals surface area (Å²) in [6, 6.07) is 15.3. The molecule has 1 N–H and O–H groups in total. The van der Waals surface area contributed by atoms with Crippen LogP contribution in [0.15, 0.2) is 48.5 Å². The molecule has 0 aliphatic rings. The van der Waals surface area contributed by atoms with Crippen LogP contribution in [-0.2, 0) is 17.8 Å². The van der Waals surface area contributed by atoms with Gasteiger partial charge in [-0.1, -0.05) is 41.9 Å². The van der Waals surface area contributed by atoms with E-state index in [1.165, 1.54) is 0 Å². The SMILES string of the molecule is COc1ccc(CCC(=O)NCc2ccccc2Cl)cc1. The lowest BCUT2D eigenvalue weighted by Crippen LogP contribution is -2.23. The third kappa shape index (κ3) is 4.80. The number of hydrogen-bond acceptors (Lipinski definition) is 2. The van der Waals surface area contributed by atoms with Crippen LogP contribution >= 0.6 is 11.6 Å². The van der Waals surface area contributed by atoms with E-state index in [9.17, 15) is 4.79 Å². The van der Waals surface area contributed by atoms with Gasteiger partial charge >= 0.3 is 0 Å². The maximum absolute atomic E-state index is 11.8. The summed E-state index contributed by atoms with van der Waals surface area (Å²) in [5.41, 5.74) is 2.04. The van der Waals surface area contributed by atoms with Crippen LogP contribution in [0.1, 0.15) is 17.5 Å². The van der Waals surface area contributed by atoms with Crippen molar-refractivity contribution in [2.24, 2.45) is 0 Å². The number of rotatable bonds is 6. The fourth-order valence-electron chi connectivity index (χ4n) is 1.97. The molecule has 110 valence electrons. The highest BCUT2D eigenvalue weighted by molar-refractivity contribution is 6.31. The predicted molar refractivity (Wildman–Crippen MR) is 84.6 cm³/mol. The van der Waals surface area contributed by atoms with Crippen LogP contribution in [0.2, 0.25) is 5.02 Å². The lowest BCUT2D eigenvalue weighted by atomic mass is 10.1. The van der Waals surface area contributed by atoms with Crippen molar-refractivity contribution in [2.45, 2.75) is 19.4 Å². The Kier molecular flexibility index (Phi) is 5.64. The predicted octanol–water partition coefficient (Wildman–Crippen LogP) is 3.60. The van der Waals surface area contributed by atoms with Crippen LogP contribution in [0.3, 0.4) is 0 Å². The molecule has 4 heteroatoms. The van der Waals surface area contributed by atoms with Crippen molar-refractivity contribution in [1.29, 1.82) is 0 Å². The molecule has 0 fully saturated rings. The molecule has 0 atom stereocenters. The number of benzene rings is 2. The summed E-state index contributed by atoms with van der Waals surface area (Å²) in [5.74, 6) is 0.840. The molecule has 2 aromatic rings. The number of carbonyl (C=O) groups excluding carboxylic acids is 1. The molecule has 2 rings (SSSR count). The number of nitrogens with one attached hydrogen (secondary N) is 1. The third-order valence-corrected chi connectivity index (χ3v) is 3.60. The summed E-state index contributed by atoms with van der Waals surface area (Å²) in [5, 5.41) is 3.56. The molecule has 3 nitrogen and oxygen atoms in total. The Morgan fingerprint density at radius 1 is 1.14 bits per heavy atom. The molecule has 0 spiro atoms. The van der Waals surface area contributed by atoms with Crippen molar-refractivity contribution in [1.82, 2.24) is 5.32 Å². The number of hydrogen-bond donors (Lipinski definition) is 1. The van der Waals surface area contributed by atoms with E-state index >= 15 is 0 Å². The van der Waals surface area contributed by atoms with Crippen LogP contribution in [0.4, 0.5) is 0 Å². The van der Waals surface area contributed by atoms with Crippen LogP contribution in [0.25, 0.3) is 0 Å². The molecule has 0 aromatic heterocycles. The van der Waals surface area contributed by atoms with Crippen molar-refractivity contribution < 1.29 is 9.53 Å². The monoisotopic (exact) mass is 303 g/mol. The number of aryl methyl sites for hydroxylation is 1. The quantitative estimate of drug-likeness (QED) is 0.885. The Hall–Kier alpha value is -2.00. The molecule has 0 aliphatic carbocycles. The number of ether oxygens (including phenoxy) is 1.